The van der Waals surface area contributed by atoms with Crippen molar-refractivity contribution in [2.45, 2.75) is 39.8 Å². The Bertz CT molecular complexity index is 1030. The molecule has 1 atom stereocenters. The average Bonchev–Trinajstić information content (AvgIpc) is 2.76. The third kappa shape index (κ3) is 7.85. The van der Waals surface area contributed by atoms with Crippen molar-refractivity contribution >= 4 is 27.5 Å². The van der Waals surface area contributed by atoms with Gasteiger partial charge in [-0.3, -0.25) is 13.9 Å². The van der Waals surface area contributed by atoms with Crippen LogP contribution in [0.2, 0.25) is 0 Å². The first-order valence-corrected chi connectivity index (χ1v) is 12.7. The Hall–Kier alpha value is -2.94. The van der Waals surface area contributed by atoms with Crippen molar-refractivity contribution in [2.75, 3.05) is 23.7 Å². The highest BCUT2D eigenvalue weighted by atomic mass is 32.2. The molecule has 0 aromatic heterocycles. The number of hydrogen-bond acceptors (Lipinski definition) is 4. The molecule has 0 heterocycles. The van der Waals surface area contributed by atoms with Crippen LogP contribution >= 0.6 is 0 Å². The third-order valence-corrected chi connectivity index (χ3v) is 6.20. The van der Waals surface area contributed by atoms with Gasteiger partial charge in [0.15, 0.2) is 0 Å². The number of halogens is 1. The zero-order valence-corrected chi connectivity index (χ0v) is 20.3. The Balaban J connectivity index is 2.37. The number of rotatable bonds is 11. The van der Waals surface area contributed by atoms with Crippen LogP contribution in [0.4, 0.5) is 10.1 Å². The van der Waals surface area contributed by atoms with Crippen molar-refractivity contribution in [1.82, 2.24) is 10.2 Å². The van der Waals surface area contributed by atoms with Gasteiger partial charge in [-0.25, -0.2) is 12.8 Å². The maximum atomic E-state index is 13.5. The number of benzene rings is 2. The molecule has 2 rings (SSSR count). The maximum Gasteiger partial charge on any atom is 0.244 e. The summed E-state index contributed by atoms with van der Waals surface area (Å²) in [6, 6.07) is 13.3. The predicted molar refractivity (Wildman–Crippen MR) is 128 cm³/mol. The molecule has 9 heteroatoms. The van der Waals surface area contributed by atoms with E-state index in [1.165, 1.54) is 17.0 Å². The summed E-state index contributed by atoms with van der Waals surface area (Å²) in [6.07, 6.45) is 1.34. The van der Waals surface area contributed by atoms with Crippen LogP contribution in [0.3, 0.4) is 0 Å². The molecule has 0 aliphatic rings. The van der Waals surface area contributed by atoms with E-state index in [1.807, 2.05) is 44.2 Å². The van der Waals surface area contributed by atoms with E-state index in [0.717, 1.165) is 28.3 Å². The van der Waals surface area contributed by atoms with Crippen molar-refractivity contribution in [3.8, 4) is 0 Å². The lowest BCUT2D eigenvalue weighted by atomic mass is 10.1. The van der Waals surface area contributed by atoms with E-state index in [0.29, 0.717) is 13.0 Å². The second-order valence-corrected chi connectivity index (χ2v) is 10.2. The van der Waals surface area contributed by atoms with Crippen LogP contribution in [0, 0.1) is 11.7 Å². The summed E-state index contributed by atoms with van der Waals surface area (Å²) in [5.74, 6) is -1.09. The molecule has 0 aliphatic carbocycles. The van der Waals surface area contributed by atoms with Crippen LogP contribution in [-0.2, 0) is 26.2 Å². The zero-order chi connectivity index (χ0) is 24.6. The van der Waals surface area contributed by atoms with E-state index >= 15 is 0 Å². The van der Waals surface area contributed by atoms with Crippen LogP contribution in [0.25, 0.3) is 0 Å². The molecule has 180 valence electrons. The molecule has 2 amide bonds. The van der Waals surface area contributed by atoms with Gasteiger partial charge in [-0.05, 0) is 42.2 Å². The number of hydrogen-bond donors (Lipinski definition) is 1. The van der Waals surface area contributed by atoms with Crippen molar-refractivity contribution in [2.24, 2.45) is 5.92 Å². The summed E-state index contributed by atoms with van der Waals surface area (Å²) < 4.78 is 39.2. The summed E-state index contributed by atoms with van der Waals surface area (Å²) in [6.45, 7) is 5.86. The minimum absolute atomic E-state index is 0.147. The van der Waals surface area contributed by atoms with Crippen LogP contribution in [0.5, 0.6) is 0 Å². The smallest absolute Gasteiger partial charge is 0.244 e. The third-order valence-electron chi connectivity index (χ3n) is 5.06. The van der Waals surface area contributed by atoms with Crippen molar-refractivity contribution < 1.29 is 22.4 Å². The summed E-state index contributed by atoms with van der Waals surface area (Å²) in [4.78, 5) is 27.8. The van der Waals surface area contributed by atoms with Crippen LogP contribution in [-0.4, -0.2) is 50.5 Å². The number of sulfonamides is 1. The molecule has 0 saturated carbocycles. The van der Waals surface area contributed by atoms with Gasteiger partial charge in [-0.2, -0.15) is 0 Å². The SMILES string of the molecule is CC[C@@H](C(=O)NCC(C)C)N(Cc1ccccc1)C(=O)CN(c1ccc(F)cc1)S(C)(=O)=O. The zero-order valence-electron chi connectivity index (χ0n) is 19.5. The molecule has 0 radical (unpaired) electrons. The standard InChI is InChI=1S/C24H32FN3O4S/c1-5-22(24(30)26-15-18(2)3)27(16-19-9-7-6-8-10-19)23(29)17-28(33(4,31)32)21-13-11-20(25)12-14-21/h6-14,18,22H,5,15-17H2,1-4H3,(H,26,30)/t22-/m0/s1. The van der Waals surface area contributed by atoms with Crippen molar-refractivity contribution in [3.05, 3.63) is 66.0 Å². The van der Waals surface area contributed by atoms with Crippen molar-refractivity contribution in [3.63, 3.8) is 0 Å². The summed E-state index contributed by atoms with van der Waals surface area (Å²) in [7, 11) is -3.84. The van der Waals surface area contributed by atoms with Gasteiger partial charge in [0.25, 0.3) is 0 Å². The molecule has 0 spiro atoms. The molecule has 0 bridgehead atoms. The largest absolute Gasteiger partial charge is 0.354 e. The second kappa shape index (κ2) is 11.8. The molecule has 7 nitrogen and oxygen atoms in total. The fourth-order valence-electron chi connectivity index (χ4n) is 3.34. The van der Waals surface area contributed by atoms with Gasteiger partial charge in [0.1, 0.15) is 18.4 Å². The minimum Gasteiger partial charge on any atom is -0.354 e. The molecule has 0 saturated heterocycles. The van der Waals surface area contributed by atoms with Crippen LogP contribution in [0.15, 0.2) is 54.6 Å². The Morgan fingerprint density at radius 2 is 1.64 bits per heavy atom. The summed E-state index contributed by atoms with van der Waals surface area (Å²) >= 11 is 0. The monoisotopic (exact) mass is 477 g/mol. The highest BCUT2D eigenvalue weighted by Crippen LogP contribution is 2.20. The number of nitrogens with one attached hydrogen (secondary N) is 1. The van der Waals surface area contributed by atoms with Gasteiger partial charge in [0, 0.05) is 13.1 Å². The van der Waals surface area contributed by atoms with E-state index in [-0.39, 0.29) is 24.1 Å². The number of carbonyl (C=O) groups excluding carboxylic acids is 2. The molecule has 0 aliphatic heterocycles. The number of amides is 2. The Labute approximate surface area is 195 Å². The van der Waals surface area contributed by atoms with Gasteiger partial charge in [-0.1, -0.05) is 51.1 Å². The van der Waals surface area contributed by atoms with Gasteiger partial charge in [0.2, 0.25) is 21.8 Å². The van der Waals surface area contributed by atoms with E-state index in [9.17, 15) is 22.4 Å². The summed E-state index contributed by atoms with van der Waals surface area (Å²) in [5, 5.41) is 2.87. The Morgan fingerprint density at radius 1 is 1.03 bits per heavy atom. The number of anilines is 1. The van der Waals surface area contributed by atoms with E-state index in [2.05, 4.69) is 5.32 Å². The minimum atomic E-state index is -3.84. The first-order valence-electron chi connectivity index (χ1n) is 10.9. The van der Waals surface area contributed by atoms with E-state index in [1.54, 1.807) is 6.92 Å². The molecule has 0 unspecified atom stereocenters. The highest BCUT2D eigenvalue weighted by Gasteiger charge is 2.31. The number of nitrogens with zero attached hydrogens (tertiary/aromatic N) is 2. The van der Waals surface area contributed by atoms with E-state index in [4.69, 9.17) is 0 Å². The van der Waals surface area contributed by atoms with Crippen LogP contribution < -0.4 is 9.62 Å². The highest BCUT2D eigenvalue weighted by molar-refractivity contribution is 7.92. The van der Waals surface area contributed by atoms with Crippen molar-refractivity contribution in [1.29, 1.82) is 0 Å². The van der Waals surface area contributed by atoms with Gasteiger partial charge < -0.3 is 10.2 Å². The quantitative estimate of drug-likeness (QED) is 0.539. The number of carbonyl (C=O) groups is 2. The topological polar surface area (TPSA) is 86.8 Å². The fraction of sp³-hybridized carbons (Fsp3) is 0.417. The molecule has 33 heavy (non-hydrogen) atoms. The van der Waals surface area contributed by atoms with E-state index < -0.39 is 34.3 Å². The fourth-order valence-corrected chi connectivity index (χ4v) is 4.19. The predicted octanol–water partition coefficient (Wildman–Crippen LogP) is 3.17. The second-order valence-electron chi connectivity index (χ2n) is 8.32. The lowest BCUT2D eigenvalue weighted by Crippen LogP contribution is -2.52. The maximum absolute atomic E-state index is 13.5. The molecular weight excluding hydrogens is 445 g/mol. The Kier molecular flexibility index (Phi) is 9.40. The lowest BCUT2D eigenvalue weighted by molar-refractivity contribution is -0.140. The molecule has 0 fully saturated rings. The van der Waals surface area contributed by atoms with Gasteiger partial charge >= 0.3 is 0 Å². The van der Waals surface area contributed by atoms with Gasteiger partial charge in [-0.15, -0.1) is 0 Å². The molecular formula is C24H32FN3O4S. The van der Waals surface area contributed by atoms with Gasteiger partial charge in [0.05, 0.1) is 11.9 Å². The molecule has 1 N–H and O–H groups in total. The molecule has 2 aromatic carbocycles. The van der Waals surface area contributed by atoms with Crippen LogP contribution in [0.1, 0.15) is 32.8 Å². The molecule has 2 aromatic rings. The normalized spacial score (nSPS) is 12.3. The first kappa shape index (κ1) is 26.3. The first-order chi connectivity index (χ1) is 15.5. The summed E-state index contributed by atoms with van der Waals surface area (Å²) in [5.41, 5.74) is 0.984. The average molecular weight is 478 g/mol. The lowest BCUT2D eigenvalue weighted by Gasteiger charge is -2.33. The Morgan fingerprint density at radius 3 is 2.15 bits per heavy atom.